The molecule has 2 amide bonds. The first-order chi connectivity index (χ1) is 9.13. The highest BCUT2D eigenvalue weighted by Gasteiger charge is 2.29. The van der Waals surface area contributed by atoms with Crippen LogP contribution in [0.2, 0.25) is 0 Å². The SMILES string of the molecule is COCc1ccc(C(=O)N2CCNC(=O)C2C)cc1. The summed E-state index contributed by atoms with van der Waals surface area (Å²) in [5.41, 5.74) is 1.62. The van der Waals surface area contributed by atoms with E-state index in [-0.39, 0.29) is 11.8 Å². The number of nitrogens with one attached hydrogen (secondary N) is 1. The molecule has 0 spiro atoms. The van der Waals surface area contributed by atoms with E-state index in [2.05, 4.69) is 5.32 Å². The average Bonchev–Trinajstić information content (AvgIpc) is 2.42. The van der Waals surface area contributed by atoms with E-state index in [9.17, 15) is 9.59 Å². The summed E-state index contributed by atoms with van der Waals surface area (Å²) in [5, 5.41) is 2.74. The zero-order chi connectivity index (χ0) is 13.8. The molecule has 5 nitrogen and oxygen atoms in total. The Morgan fingerprint density at radius 1 is 1.42 bits per heavy atom. The normalized spacial score (nSPS) is 19.2. The highest BCUT2D eigenvalue weighted by atomic mass is 16.5. The van der Waals surface area contributed by atoms with E-state index in [1.807, 2.05) is 12.1 Å². The third-order valence-electron chi connectivity index (χ3n) is 3.27. The Balaban J connectivity index is 2.12. The number of rotatable bonds is 3. The highest BCUT2D eigenvalue weighted by Crippen LogP contribution is 2.12. The smallest absolute Gasteiger partial charge is 0.254 e. The zero-order valence-electron chi connectivity index (χ0n) is 11.2. The van der Waals surface area contributed by atoms with Crippen LogP contribution < -0.4 is 5.32 Å². The lowest BCUT2D eigenvalue weighted by molar-refractivity contribution is -0.127. The van der Waals surface area contributed by atoms with Crippen molar-refractivity contribution in [2.45, 2.75) is 19.6 Å². The van der Waals surface area contributed by atoms with Gasteiger partial charge in [0.1, 0.15) is 6.04 Å². The Morgan fingerprint density at radius 3 is 2.74 bits per heavy atom. The number of carbonyl (C=O) groups excluding carboxylic acids is 2. The van der Waals surface area contributed by atoms with E-state index in [0.717, 1.165) is 5.56 Å². The Morgan fingerprint density at radius 2 is 2.11 bits per heavy atom. The minimum absolute atomic E-state index is 0.101. The van der Waals surface area contributed by atoms with Crippen molar-refractivity contribution in [3.8, 4) is 0 Å². The van der Waals surface area contributed by atoms with E-state index >= 15 is 0 Å². The molecule has 5 heteroatoms. The number of piperazine rings is 1. The number of benzene rings is 1. The van der Waals surface area contributed by atoms with Crippen LogP contribution in [-0.2, 0) is 16.1 Å². The minimum atomic E-state index is -0.417. The maximum Gasteiger partial charge on any atom is 0.254 e. The maximum absolute atomic E-state index is 12.3. The fraction of sp³-hybridized carbons (Fsp3) is 0.429. The first kappa shape index (κ1) is 13.5. The van der Waals surface area contributed by atoms with Crippen LogP contribution in [0.15, 0.2) is 24.3 Å². The Kier molecular flexibility index (Phi) is 4.16. The summed E-state index contributed by atoms with van der Waals surface area (Å²) in [4.78, 5) is 25.5. The summed E-state index contributed by atoms with van der Waals surface area (Å²) in [6, 6.07) is 6.86. The van der Waals surface area contributed by atoms with E-state index in [4.69, 9.17) is 4.74 Å². The van der Waals surface area contributed by atoms with Crippen LogP contribution in [0.4, 0.5) is 0 Å². The number of hydrogen-bond acceptors (Lipinski definition) is 3. The quantitative estimate of drug-likeness (QED) is 0.876. The van der Waals surface area contributed by atoms with Gasteiger partial charge in [-0.2, -0.15) is 0 Å². The number of methoxy groups -OCH3 is 1. The third kappa shape index (κ3) is 2.93. The molecular weight excluding hydrogens is 244 g/mol. The second-order valence-electron chi connectivity index (χ2n) is 4.60. The van der Waals surface area contributed by atoms with Crippen molar-refractivity contribution >= 4 is 11.8 Å². The molecule has 1 aliphatic heterocycles. The van der Waals surface area contributed by atoms with Crippen LogP contribution in [0, 0.1) is 0 Å². The number of carbonyl (C=O) groups is 2. The molecule has 1 N–H and O–H groups in total. The van der Waals surface area contributed by atoms with Crippen molar-refractivity contribution in [3.63, 3.8) is 0 Å². The predicted octanol–water partition coefficient (Wildman–Crippen LogP) is 0.793. The largest absolute Gasteiger partial charge is 0.380 e. The van der Waals surface area contributed by atoms with Crippen molar-refractivity contribution in [2.75, 3.05) is 20.2 Å². The summed E-state index contributed by atoms with van der Waals surface area (Å²) >= 11 is 0. The van der Waals surface area contributed by atoms with E-state index in [1.165, 1.54) is 0 Å². The second-order valence-corrected chi connectivity index (χ2v) is 4.60. The van der Waals surface area contributed by atoms with Gasteiger partial charge >= 0.3 is 0 Å². The first-order valence-corrected chi connectivity index (χ1v) is 6.30. The van der Waals surface area contributed by atoms with Gasteiger partial charge in [-0.25, -0.2) is 0 Å². The molecule has 0 aliphatic carbocycles. The van der Waals surface area contributed by atoms with Crippen LogP contribution in [0.25, 0.3) is 0 Å². The molecule has 0 bridgehead atoms. The van der Waals surface area contributed by atoms with E-state index < -0.39 is 6.04 Å². The van der Waals surface area contributed by atoms with Gasteiger partial charge in [0.05, 0.1) is 6.61 Å². The Hall–Kier alpha value is -1.88. The van der Waals surface area contributed by atoms with E-state index in [1.54, 1.807) is 31.1 Å². The lowest BCUT2D eigenvalue weighted by atomic mass is 10.1. The van der Waals surface area contributed by atoms with Gasteiger partial charge in [0, 0.05) is 25.8 Å². The maximum atomic E-state index is 12.3. The second kappa shape index (κ2) is 5.84. The zero-order valence-corrected chi connectivity index (χ0v) is 11.2. The van der Waals surface area contributed by atoms with E-state index in [0.29, 0.717) is 25.3 Å². The van der Waals surface area contributed by atoms with Crippen LogP contribution in [0.1, 0.15) is 22.8 Å². The monoisotopic (exact) mass is 262 g/mol. The van der Waals surface area contributed by atoms with Gasteiger partial charge in [-0.05, 0) is 24.6 Å². The van der Waals surface area contributed by atoms with Crippen LogP contribution in [0.5, 0.6) is 0 Å². The molecule has 1 aromatic carbocycles. The van der Waals surface area contributed by atoms with Gasteiger partial charge in [0.15, 0.2) is 0 Å². The molecule has 1 saturated heterocycles. The summed E-state index contributed by atoms with van der Waals surface area (Å²) in [7, 11) is 1.63. The Bertz CT molecular complexity index is 470. The van der Waals surface area contributed by atoms with Gasteiger partial charge < -0.3 is 15.0 Å². The van der Waals surface area contributed by atoms with Gasteiger partial charge in [0.2, 0.25) is 5.91 Å². The molecule has 1 atom stereocenters. The molecule has 0 saturated carbocycles. The van der Waals surface area contributed by atoms with Crippen molar-refractivity contribution in [3.05, 3.63) is 35.4 Å². The minimum Gasteiger partial charge on any atom is -0.380 e. The first-order valence-electron chi connectivity index (χ1n) is 6.30. The van der Waals surface area contributed by atoms with Crippen molar-refractivity contribution in [1.82, 2.24) is 10.2 Å². The molecule has 1 aromatic rings. The molecule has 19 heavy (non-hydrogen) atoms. The van der Waals surface area contributed by atoms with Crippen molar-refractivity contribution in [1.29, 1.82) is 0 Å². The molecule has 0 radical (unpaired) electrons. The van der Waals surface area contributed by atoms with Crippen LogP contribution in [-0.4, -0.2) is 43.0 Å². The summed E-state index contributed by atoms with van der Waals surface area (Å²) in [5.74, 6) is -0.207. The van der Waals surface area contributed by atoms with Gasteiger partial charge in [0.25, 0.3) is 5.91 Å². The van der Waals surface area contributed by atoms with Crippen molar-refractivity contribution < 1.29 is 14.3 Å². The Labute approximate surface area is 112 Å². The number of amides is 2. The van der Waals surface area contributed by atoms with Crippen LogP contribution >= 0.6 is 0 Å². The summed E-state index contributed by atoms with van der Waals surface area (Å²) in [6.45, 7) is 3.32. The fourth-order valence-corrected chi connectivity index (χ4v) is 2.14. The molecule has 1 aliphatic rings. The number of nitrogens with zero attached hydrogens (tertiary/aromatic N) is 1. The molecule has 0 aromatic heterocycles. The standard InChI is InChI=1S/C14H18N2O3/c1-10-13(17)15-7-8-16(10)14(18)12-5-3-11(4-6-12)9-19-2/h3-6,10H,7-9H2,1-2H3,(H,15,17). The summed E-state index contributed by atoms with van der Waals surface area (Å²) in [6.07, 6.45) is 0. The lowest BCUT2D eigenvalue weighted by Crippen LogP contribution is -2.55. The topological polar surface area (TPSA) is 58.6 Å². The molecular formula is C14H18N2O3. The van der Waals surface area contributed by atoms with Crippen LogP contribution in [0.3, 0.4) is 0 Å². The molecule has 1 unspecified atom stereocenters. The number of ether oxygens (including phenoxy) is 1. The van der Waals surface area contributed by atoms with Crippen molar-refractivity contribution in [2.24, 2.45) is 0 Å². The predicted molar refractivity (Wildman–Crippen MR) is 70.7 cm³/mol. The molecule has 1 fully saturated rings. The lowest BCUT2D eigenvalue weighted by Gasteiger charge is -2.32. The summed E-state index contributed by atoms with van der Waals surface area (Å²) < 4.78 is 5.03. The van der Waals surface area contributed by atoms with Gasteiger partial charge in [-0.3, -0.25) is 9.59 Å². The molecule has 102 valence electrons. The average molecular weight is 262 g/mol. The number of hydrogen-bond donors (Lipinski definition) is 1. The molecule has 2 rings (SSSR count). The fourth-order valence-electron chi connectivity index (χ4n) is 2.14. The molecule has 1 heterocycles. The van der Waals surface area contributed by atoms with Gasteiger partial charge in [-0.15, -0.1) is 0 Å². The highest BCUT2D eigenvalue weighted by molar-refractivity contribution is 5.98. The third-order valence-corrected chi connectivity index (χ3v) is 3.27. The van der Waals surface area contributed by atoms with Gasteiger partial charge in [-0.1, -0.05) is 12.1 Å².